The van der Waals surface area contributed by atoms with E-state index in [0.29, 0.717) is 32.6 Å². The topological polar surface area (TPSA) is 95.8 Å². The molecule has 34 heavy (non-hydrogen) atoms. The van der Waals surface area contributed by atoms with Gasteiger partial charge < -0.3 is 9.80 Å². The molecule has 0 aromatic carbocycles. The number of aromatic nitrogens is 6. The second-order valence-electron chi connectivity index (χ2n) is 10.5. The van der Waals surface area contributed by atoms with Gasteiger partial charge in [-0.1, -0.05) is 0 Å². The highest BCUT2D eigenvalue weighted by atomic mass is 19.4. The molecular formula is C20H23F5N8O. The molecule has 184 valence electrons. The van der Waals surface area contributed by atoms with Gasteiger partial charge in [0.2, 0.25) is 11.6 Å². The van der Waals surface area contributed by atoms with E-state index in [1.807, 2.05) is 14.9 Å². The molecule has 0 radical (unpaired) electrons. The minimum atomic E-state index is -4.52. The summed E-state index contributed by atoms with van der Waals surface area (Å²) < 4.78 is 64.7. The number of aromatic amines is 1. The summed E-state index contributed by atoms with van der Waals surface area (Å²) in [7, 11) is 0. The number of nitrogens with zero attached hydrogens (tertiary/aromatic N) is 7. The van der Waals surface area contributed by atoms with E-state index in [0.717, 1.165) is 25.7 Å². The number of hydrogen-bond donors (Lipinski definition) is 1. The van der Waals surface area contributed by atoms with Crippen molar-refractivity contribution in [3.05, 3.63) is 23.8 Å². The molecule has 1 N–H and O–H groups in total. The predicted octanol–water partition coefficient (Wildman–Crippen LogP) is 3.06. The van der Waals surface area contributed by atoms with Crippen molar-refractivity contribution in [1.82, 2.24) is 39.7 Å². The maximum absolute atomic E-state index is 12.8. The summed E-state index contributed by atoms with van der Waals surface area (Å²) in [6.07, 6.45) is -2.13. The fraction of sp³-hybridized carbons (Fsp3) is 0.750. The van der Waals surface area contributed by atoms with E-state index in [-0.39, 0.29) is 34.6 Å². The summed E-state index contributed by atoms with van der Waals surface area (Å²) in [5.74, 6) is -1.11. The number of carbonyl (C=O) groups excluding carboxylic acids is 1. The van der Waals surface area contributed by atoms with E-state index in [1.54, 1.807) is 0 Å². The molecule has 2 aromatic heterocycles. The Morgan fingerprint density at radius 1 is 1.09 bits per heavy atom. The lowest BCUT2D eigenvalue weighted by atomic mass is 9.57. The average molecular weight is 486 g/mol. The van der Waals surface area contributed by atoms with Crippen LogP contribution in [0.3, 0.4) is 0 Å². The Kier molecular flexibility index (Phi) is 4.54. The van der Waals surface area contributed by atoms with Crippen LogP contribution in [-0.2, 0) is 12.6 Å². The van der Waals surface area contributed by atoms with Gasteiger partial charge >= 0.3 is 12.2 Å². The molecule has 0 bridgehead atoms. The van der Waals surface area contributed by atoms with Crippen LogP contribution in [-0.4, -0.2) is 72.0 Å². The number of amides is 2. The highest BCUT2D eigenvalue weighted by Crippen LogP contribution is 2.56. The van der Waals surface area contributed by atoms with Crippen LogP contribution in [0.4, 0.5) is 26.7 Å². The van der Waals surface area contributed by atoms with Crippen LogP contribution in [0.15, 0.2) is 6.33 Å². The number of alkyl halides is 5. The molecule has 0 atom stereocenters. The largest absolute Gasteiger partial charge is 0.451 e. The van der Waals surface area contributed by atoms with Crippen LogP contribution in [0.5, 0.6) is 0 Å². The Morgan fingerprint density at radius 2 is 1.71 bits per heavy atom. The maximum atomic E-state index is 12.8. The fourth-order valence-electron chi connectivity index (χ4n) is 6.29. The average Bonchev–Trinajstić information content (AvgIpc) is 3.29. The van der Waals surface area contributed by atoms with Gasteiger partial charge in [0.05, 0.1) is 6.04 Å². The minimum absolute atomic E-state index is 0.0210. The van der Waals surface area contributed by atoms with Gasteiger partial charge in [-0.05, 0) is 31.6 Å². The van der Waals surface area contributed by atoms with Gasteiger partial charge in [-0.3, -0.25) is 5.10 Å². The molecule has 2 aromatic rings. The van der Waals surface area contributed by atoms with E-state index < -0.39 is 24.3 Å². The molecule has 9 nitrogen and oxygen atoms in total. The second-order valence-corrected chi connectivity index (χ2v) is 10.5. The number of halogens is 5. The number of urea groups is 1. The first kappa shape index (κ1) is 21.7. The summed E-state index contributed by atoms with van der Waals surface area (Å²) >= 11 is 0. The zero-order valence-electron chi connectivity index (χ0n) is 18.1. The van der Waals surface area contributed by atoms with E-state index in [2.05, 4.69) is 20.2 Å². The Balaban J connectivity index is 0.924. The van der Waals surface area contributed by atoms with Gasteiger partial charge in [0, 0.05) is 43.4 Å². The quantitative estimate of drug-likeness (QED) is 0.671. The number of carbonyl (C=O) groups is 1. The zero-order valence-corrected chi connectivity index (χ0v) is 18.1. The molecule has 2 saturated carbocycles. The molecule has 14 heteroatoms. The highest BCUT2D eigenvalue weighted by Gasteiger charge is 2.58. The van der Waals surface area contributed by atoms with Crippen molar-refractivity contribution >= 4 is 6.03 Å². The van der Waals surface area contributed by atoms with Crippen molar-refractivity contribution in [2.75, 3.05) is 26.2 Å². The van der Waals surface area contributed by atoms with Crippen LogP contribution < -0.4 is 0 Å². The first-order valence-corrected chi connectivity index (χ1v) is 11.2. The van der Waals surface area contributed by atoms with E-state index in [9.17, 15) is 26.7 Å². The lowest BCUT2D eigenvalue weighted by molar-refractivity contribution is -0.144. The molecule has 2 amide bonds. The van der Waals surface area contributed by atoms with Gasteiger partial charge in [-0.2, -0.15) is 18.3 Å². The lowest BCUT2D eigenvalue weighted by Gasteiger charge is -2.63. The van der Waals surface area contributed by atoms with Gasteiger partial charge in [-0.25, -0.2) is 28.2 Å². The van der Waals surface area contributed by atoms with Gasteiger partial charge in [0.25, 0.3) is 6.43 Å². The first-order chi connectivity index (χ1) is 16.0. The minimum Gasteiger partial charge on any atom is -0.323 e. The van der Waals surface area contributed by atoms with Crippen LogP contribution >= 0.6 is 0 Å². The van der Waals surface area contributed by atoms with Crippen molar-refractivity contribution < 1.29 is 26.7 Å². The predicted molar refractivity (Wildman–Crippen MR) is 104 cm³/mol. The van der Waals surface area contributed by atoms with Crippen molar-refractivity contribution in [2.24, 2.45) is 16.7 Å². The van der Waals surface area contributed by atoms with Gasteiger partial charge in [0.1, 0.15) is 6.33 Å². The summed E-state index contributed by atoms with van der Waals surface area (Å²) in [6.45, 7) is 2.67. The van der Waals surface area contributed by atoms with E-state index >= 15 is 0 Å². The van der Waals surface area contributed by atoms with Crippen LogP contribution in [0.25, 0.3) is 0 Å². The third-order valence-electron chi connectivity index (χ3n) is 7.79. The normalized spacial score (nSPS) is 23.7. The van der Waals surface area contributed by atoms with Crippen molar-refractivity contribution in [2.45, 2.75) is 50.7 Å². The third kappa shape index (κ3) is 3.52. The van der Waals surface area contributed by atoms with E-state index in [4.69, 9.17) is 0 Å². The van der Waals surface area contributed by atoms with E-state index in [1.165, 1.54) is 11.0 Å². The number of H-pyrrole nitrogens is 1. The summed E-state index contributed by atoms with van der Waals surface area (Å²) in [5.41, 5.74) is 0.121. The summed E-state index contributed by atoms with van der Waals surface area (Å²) in [4.78, 5) is 23.6. The molecule has 2 spiro atoms. The Hall–Kier alpha value is -2.80. The zero-order chi connectivity index (χ0) is 23.9. The van der Waals surface area contributed by atoms with Crippen LogP contribution in [0.2, 0.25) is 0 Å². The van der Waals surface area contributed by atoms with Crippen molar-refractivity contribution in [3.8, 4) is 0 Å². The fourth-order valence-corrected chi connectivity index (χ4v) is 6.29. The van der Waals surface area contributed by atoms with Crippen molar-refractivity contribution in [3.63, 3.8) is 0 Å². The third-order valence-corrected chi connectivity index (χ3v) is 7.79. The molecule has 0 unspecified atom stereocenters. The smallest absolute Gasteiger partial charge is 0.323 e. The molecule has 2 aliphatic heterocycles. The molecule has 2 saturated heterocycles. The SMILES string of the molecule is O=C(N1CC2(CC(Cc3n[nH]c(C(F)(F)F)n3)C2)C1)N1CC2(CC(n3cnc(C(F)F)n3)C2)C1. The Labute approximate surface area is 190 Å². The van der Waals surface area contributed by atoms with Crippen LogP contribution in [0, 0.1) is 16.7 Å². The molecule has 4 aliphatic rings. The highest BCUT2D eigenvalue weighted by molar-refractivity contribution is 5.77. The lowest BCUT2D eigenvalue weighted by Crippen LogP contribution is -2.71. The molecule has 2 aliphatic carbocycles. The number of rotatable bonds is 4. The monoisotopic (exact) mass is 486 g/mol. The standard InChI is InChI=1S/C20H23F5N8O/c21-14(22)15-26-10-33(30-15)12-4-19(5-12)8-32(9-19)17(34)31-6-18(7-31)2-11(3-18)1-13-27-16(29-28-13)20(23,24)25/h10-12,14H,1-9H2,(H,27,28,29). The van der Waals surface area contributed by atoms with Crippen LogP contribution in [0.1, 0.15) is 55.6 Å². The first-order valence-electron chi connectivity index (χ1n) is 11.2. The summed E-state index contributed by atoms with van der Waals surface area (Å²) in [6, 6.07) is 0.0698. The van der Waals surface area contributed by atoms with Gasteiger partial charge in [0.15, 0.2) is 5.82 Å². The molecule has 4 heterocycles. The molecule has 6 rings (SSSR count). The number of nitrogens with one attached hydrogen (secondary N) is 1. The Morgan fingerprint density at radius 3 is 2.24 bits per heavy atom. The Bertz CT molecular complexity index is 1080. The molecule has 4 fully saturated rings. The van der Waals surface area contributed by atoms with Crippen molar-refractivity contribution in [1.29, 1.82) is 0 Å². The van der Waals surface area contributed by atoms with Gasteiger partial charge in [-0.15, -0.1) is 5.10 Å². The summed E-state index contributed by atoms with van der Waals surface area (Å²) in [5, 5.41) is 9.46. The number of likely N-dealkylation sites (tertiary alicyclic amines) is 2. The maximum Gasteiger partial charge on any atom is 0.451 e. The molecular weight excluding hydrogens is 463 g/mol. The number of hydrogen-bond acceptors (Lipinski definition) is 5. The second kappa shape index (κ2) is 7.11.